The SMILES string of the molecule is COc1ccccc1N(C)S(=O)(=O)c1ccc(C(=O)NCc2ccc(N(C)C)nc2)cc1. The van der Waals surface area contributed by atoms with E-state index in [1.165, 1.54) is 38.4 Å². The van der Waals surface area contributed by atoms with Crippen LogP contribution in [0.1, 0.15) is 15.9 Å². The second-order valence-corrected chi connectivity index (χ2v) is 9.24. The molecular formula is C23H26N4O4S. The van der Waals surface area contributed by atoms with Crippen molar-refractivity contribution in [3.63, 3.8) is 0 Å². The Labute approximate surface area is 188 Å². The lowest BCUT2D eigenvalue weighted by molar-refractivity contribution is 0.0951. The topological polar surface area (TPSA) is 91.8 Å². The van der Waals surface area contributed by atoms with E-state index in [0.29, 0.717) is 23.5 Å². The van der Waals surface area contributed by atoms with Gasteiger partial charge in [-0.15, -0.1) is 0 Å². The van der Waals surface area contributed by atoms with Gasteiger partial charge in [-0.3, -0.25) is 9.10 Å². The standard InChI is InChI=1S/C23H26N4O4S/c1-26(2)22-14-9-17(15-24-22)16-25-23(28)18-10-12-19(13-11-18)32(29,30)27(3)20-7-5-6-8-21(20)31-4/h5-15H,16H2,1-4H3,(H,25,28). The van der Waals surface area contributed by atoms with E-state index in [2.05, 4.69) is 10.3 Å². The minimum Gasteiger partial charge on any atom is -0.495 e. The van der Waals surface area contributed by atoms with Crippen LogP contribution in [0.15, 0.2) is 71.8 Å². The van der Waals surface area contributed by atoms with Crippen LogP contribution in [0.25, 0.3) is 0 Å². The number of hydrogen-bond acceptors (Lipinski definition) is 6. The second kappa shape index (κ2) is 9.69. The molecule has 0 bridgehead atoms. The molecule has 0 fully saturated rings. The number of pyridine rings is 1. The minimum atomic E-state index is -3.82. The predicted molar refractivity (Wildman–Crippen MR) is 125 cm³/mol. The predicted octanol–water partition coefficient (Wildman–Crippen LogP) is 2.91. The summed E-state index contributed by atoms with van der Waals surface area (Å²) in [6.07, 6.45) is 1.71. The molecule has 0 saturated heterocycles. The average molecular weight is 455 g/mol. The largest absolute Gasteiger partial charge is 0.495 e. The molecule has 32 heavy (non-hydrogen) atoms. The van der Waals surface area contributed by atoms with Gasteiger partial charge in [-0.05, 0) is 48.0 Å². The van der Waals surface area contributed by atoms with Crippen LogP contribution in [-0.4, -0.2) is 47.6 Å². The van der Waals surface area contributed by atoms with Gasteiger partial charge in [0.1, 0.15) is 11.6 Å². The number of aromatic nitrogens is 1. The first-order valence-electron chi connectivity index (χ1n) is 9.86. The summed E-state index contributed by atoms with van der Waals surface area (Å²) >= 11 is 0. The zero-order chi connectivity index (χ0) is 23.3. The summed E-state index contributed by atoms with van der Waals surface area (Å²) in [5, 5.41) is 2.82. The van der Waals surface area contributed by atoms with Crippen LogP contribution in [0.2, 0.25) is 0 Å². The van der Waals surface area contributed by atoms with Gasteiger partial charge in [0.05, 0.1) is 17.7 Å². The summed E-state index contributed by atoms with van der Waals surface area (Å²) in [5.74, 6) is 0.973. The average Bonchev–Trinajstić information content (AvgIpc) is 2.82. The van der Waals surface area contributed by atoms with Crippen molar-refractivity contribution in [1.82, 2.24) is 10.3 Å². The highest BCUT2D eigenvalue weighted by Crippen LogP contribution is 2.30. The summed E-state index contributed by atoms with van der Waals surface area (Å²) in [7, 11) is 2.93. The van der Waals surface area contributed by atoms with Crippen molar-refractivity contribution in [2.24, 2.45) is 0 Å². The summed E-state index contributed by atoms with van der Waals surface area (Å²) in [5.41, 5.74) is 1.65. The molecule has 0 aliphatic carbocycles. The molecule has 3 aromatic rings. The molecular weight excluding hydrogens is 428 g/mol. The fraction of sp³-hybridized carbons (Fsp3) is 0.217. The van der Waals surface area contributed by atoms with E-state index in [9.17, 15) is 13.2 Å². The maximum absolute atomic E-state index is 13.0. The van der Waals surface area contributed by atoms with Crippen LogP contribution in [0.3, 0.4) is 0 Å². The van der Waals surface area contributed by atoms with Crippen LogP contribution in [-0.2, 0) is 16.6 Å². The number of para-hydroxylation sites is 2. The maximum atomic E-state index is 13.0. The third-order valence-electron chi connectivity index (χ3n) is 4.92. The number of rotatable bonds is 8. The lowest BCUT2D eigenvalue weighted by Gasteiger charge is -2.21. The molecule has 9 heteroatoms. The fourth-order valence-corrected chi connectivity index (χ4v) is 4.23. The summed E-state index contributed by atoms with van der Waals surface area (Å²) in [6, 6.07) is 16.5. The number of hydrogen-bond donors (Lipinski definition) is 1. The van der Waals surface area contributed by atoms with Gasteiger partial charge in [0.15, 0.2) is 0 Å². The molecule has 1 N–H and O–H groups in total. The quantitative estimate of drug-likeness (QED) is 0.563. The van der Waals surface area contributed by atoms with Crippen LogP contribution >= 0.6 is 0 Å². The van der Waals surface area contributed by atoms with Gasteiger partial charge in [-0.1, -0.05) is 18.2 Å². The molecule has 1 heterocycles. The van der Waals surface area contributed by atoms with Crippen LogP contribution in [0, 0.1) is 0 Å². The van der Waals surface area contributed by atoms with Gasteiger partial charge >= 0.3 is 0 Å². The van der Waals surface area contributed by atoms with E-state index < -0.39 is 10.0 Å². The molecule has 0 aliphatic heterocycles. The molecule has 1 aromatic heterocycles. The van der Waals surface area contributed by atoms with Gasteiger partial charge < -0.3 is 15.0 Å². The number of benzene rings is 2. The fourth-order valence-electron chi connectivity index (χ4n) is 3.03. The highest BCUT2D eigenvalue weighted by Gasteiger charge is 2.23. The molecule has 1 amide bonds. The Morgan fingerprint density at radius 2 is 1.69 bits per heavy atom. The first-order chi connectivity index (χ1) is 15.2. The van der Waals surface area contributed by atoms with Crippen LogP contribution in [0.5, 0.6) is 5.75 Å². The minimum absolute atomic E-state index is 0.0749. The lowest BCUT2D eigenvalue weighted by Crippen LogP contribution is -2.27. The van der Waals surface area contributed by atoms with Crippen molar-refractivity contribution in [1.29, 1.82) is 0 Å². The monoisotopic (exact) mass is 454 g/mol. The number of nitrogens with zero attached hydrogens (tertiary/aromatic N) is 3. The maximum Gasteiger partial charge on any atom is 0.264 e. The number of carbonyl (C=O) groups is 1. The van der Waals surface area contributed by atoms with Crippen molar-refractivity contribution in [3.05, 3.63) is 78.0 Å². The zero-order valence-corrected chi connectivity index (χ0v) is 19.3. The van der Waals surface area contributed by atoms with Crippen molar-refractivity contribution in [2.75, 3.05) is 37.5 Å². The molecule has 2 aromatic carbocycles. The van der Waals surface area contributed by atoms with Crippen molar-refractivity contribution < 1.29 is 17.9 Å². The van der Waals surface area contributed by atoms with E-state index in [0.717, 1.165) is 15.7 Å². The summed E-state index contributed by atoms with van der Waals surface area (Å²) in [4.78, 5) is 18.8. The molecule has 0 aliphatic rings. The first-order valence-corrected chi connectivity index (χ1v) is 11.3. The number of amides is 1. The molecule has 0 radical (unpaired) electrons. The smallest absolute Gasteiger partial charge is 0.264 e. The van der Waals surface area contributed by atoms with Gasteiger partial charge in [-0.2, -0.15) is 0 Å². The number of carbonyl (C=O) groups excluding carboxylic acids is 1. The Hall–Kier alpha value is -3.59. The highest BCUT2D eigenvalue weighted by atomic mass is 32.2. The molecule has 168 valence electrons. The number of sulfonamides is 1. The molecule has 3 rings (SSSR count). The van der Waals surface area contributed by atoms with E-state index in [1.807, 2.05) is 31.1 Å². The van der Waals surface area contributed by atoms with E-state index >= 15 is 0 Å². The third-order valence-corrected chi connectivity index (χ3v) is 6.71. The Bertz CT molecular complexity index is 1180. The van der Waals surface area contributed by atoms with Gasteiger partial charge in [0.2, 0.25) is 0 Å². The molecule has 0 atom stereocenters. The first kappa shape index (κ1) is 23.1. The van der Waals surface area contributed by atoms with Crippen molar-refractivity contribution >= 4 is 27.4 Å². The number of ether oxygens (including phenoxy) is 1. The Morgan fingerprint density at radius 3 is 2.28 bits per heavy atom. The third kappa shape index (κ3) is 5.00. The van der Waals surface area contributed by atoms with Crippen LogP contribution < -0.4 is 19.3 Å². The zero-order valence-electron chi connectivity index (χ0n) is 18.4. The second-order valence-electron chi connectivity index (χ2n) is 7.27. The summed E-state index contributed by atoms with van der Waals surface area (Å²) < 4.78 is 32.5. The normalized spacial score (nSPS) is 11.0. The molecule has 0 saturated carbocycles. The molecule has 0 spiro atoms. The number of methoxy groups -OCH3 is 1. The number of nitrogens with one attached hydrogen (secondary N) is 1. The van der Waals surface area contributed by atoms with E-state index in [1.54, 1.807) is 30.5 Å². The van der Waals surface area contributed by atoms with Gasteiger partial charge in [0, 0.05) is 39.4 Å². The van der Waals surface area contributed by atoms with Gasteiger partial charge in [0.25, 0.3) is 15.9 Å². The number of anilines is 2. The molecule has 0 unspecified atom stereocenters. The summed E-state index contributed by atoms with van der Waals surface area (Å²) in [6.45, 7) is 0.316. The van der Waals surface area contributed by atoms with E-state index in [4.69, 9.17) is 4.74 Å². The highest BCUT2D eigenvalue weighted by molar-refractivity contribution is 7.92. The Balaban J connectivity index is 1.70. The Morgan fingerprint density at radius 1 is 1.00 bits per heavy atom. The molecule has 8 nitrogen and oxygen atoms in total. The van der Waals surface area contributed by atoms with Crippen molar-refractivity contribution in [2.45, 2.75) is 11.4 Å². The van der Waals surface area contributed by atoms with Crippen molar-refractivity contribution in [3.8, 4) is 5.75 Å². The van der Waals surface area contributed by atoms with Gasteiger partial charge in [-0.25, -0.2) is 13.4 Å². The van der Waals surface area contributed by atoms with E-state index in [-0.39, 0.29) is 10.8 Å². The van der Waals surface area contributed by atoms with Crippen LogP contribution in [0.4, 0.5) is 11.5 Å². The lowest BCUT2D eigenvalue weighted by atomic mass is 10.2. The Kier molecular flexibility index (Phi) is 6.99.